The van der Waals surface area contributed by atoms with Gasteiger partial charge < -0.3 is 11.1 Å². The molecule has 0 aliphatic carbocycles. The first-order valence-electron chi connectivity index (χ1n) is 5.20. The van der Waals surface area contributed by atoms with Crippen molar-refractivity contribution in [2.24, 2.45) is 5.73 Å². The van der Waals surface area contributed by atoms with Crippen LogP contribution >= 0.6 is 15.9 Å². The van der Waals surface area contributed by atoms with Gasteiger partial charge in [-0.25, -0.2) is 4.98 Å². The third kappa shape index (κ3) is 3.90. The zero-order valence-electron chi connectivity index (χ0n) is 9.46. The van der Waals surface area contributed by atoms with Crippen LogP contribution in [0.2, 0.25) is 0 Å². The number of nitrogens with zero attached hydrogens (tertiary/aromatic N) is 1. The van der Waals surface area contributed by atoms with Gasteiger partial charge in [0, 0.05) is 23.1 Å². The van der Waals surface area contributed by atoms with E-state index in [4.69, 9.17) is 5.73 Å². The Morgan fingerprint density at radius 3 is 2.94 bits per heavy atom. The van der Waals surface area contributed by atoms with Crippen LogP contribution in [0.4, 0.5) is 5.82 Å². The maximum absolute atomic E-state index is 11.5. The summed E-state index contributed by atoms with van der Waals surface area (Å²) in [6.07, 6.45) is 2.79. The van der Waals surface area contributed by atoms with Crippen LogP contribution in [0.15, 0.2) is 16.7 Å². The van der Waals surface area contributed by atoms with Gasteiger partial charge in [0.25, 0.3) is 0 Å². The van der Waals surface area contributed by atoms with Gasteiger partial charge in [-0.1, -0.05) is 6.92 Å². The van der Waals surface area contributed by atoms with E-state index in [9.17, 15) is 4.79 Å². The molecule has 1 heterocycles. The minimum atomic E-state index is -0.0939. The molecular weight excluding hydrogens is 270 g/mol. The largest absolute Gasteiger partial charge is 0.327 e. The van der Waals surface area contributed by atoms with Gasteiger partial charge in [0.1, 0.15) is 5.82 Å². The molecule has 0 bridgehead atoms. The molecule has 0 fully saturated rings. The fraction of sp³-hybridized carbons (Fsp3) is 0.455. The van der Waals surface area contributed by atoms with E-state index in [1.165, 1.54) is 0 Å². The standard InChI is InChI=1S/C11H16BrN3O/c1-3-8(13)5-11(16)15-10-4-7(2)9(12)6-14-10/h4,6,8H,3,5,13H2,1-2H3,(H,14,15,16). The molecule has 1 atom stereocenters. The van der Waals surface area contributed by atoms with Gasteiger partial charge in [-0.05, 0) is 40.9 Å². The molecule has 3 N–H and O–H groups in total. The highest BCUT2D eigenvalue weighted by molar-refractivity contribution is 9.10. The van der Waals surface area contributed by atoms with E-state index >= 15 is 0 Å². The lowest BCUT2D eigenvalue weighted by Crippen LogP contribution is -2.26. The number of aromatic nitrogens is 1. The molecule has 0 spiro atoms. The van der Waals surface area contributed by atoms with Crippen LogP contribution in [0.5, 0.6) is 0 Å². The van der Waals surface area contributed by atoms with Crippen molar-refractivity contribution in [2.45, 2.75) is 32.7 Å². The Labute approximate surface area is 104 Å². The van der Waals surface area contributed by atoms with Gasteiger partial charge in [0.2, 0.25) is 5.91 Å². The Kier molecular flexibility index (Phi) is 4.89. The number of anilines is 1. The van der Waals surface area contributed by atoms with Gasteiger partial charge in [0.05, 0.1) is 0 Å². The molecule has 0 radical (unpaired) electrons. The van der Waals surface area contributed by atoms with Crippen molar-refractivity contribution in [3.05, 3.63) is 22.3 Å². The van der Waals surface area contributed by atoms with Crippen molar-refractivity contribution in [1.29, 1.82) is 0 Å². The highest BCUT2D eigenvalue weighted by Crippen LogP contribution is 2.17. The van der Waals surface area contributed by atoms with Crippen LogP contribution in [0.1, 0.15) is 25.3 Å². The van der Waals surface area contributed by atoms with Crippen molar-refractivity contribution < 1.29 is 4.79 Å². The Morgan fingerprint density at radius 1 is 1.69 bits per heavy atom. The average molecular weight is 286 g/mol. The lowest BCUT2D eigenvalue weighted by molar-refractivity contribution is -0.116. The fourth-order valence-corrected chi connectivity index (χ4v) is 1.40. The van der Waals surface area contributed by atoms with E-state index in [2.05, 4.69) is 26.2 Å². The van der Waals surface area contributed by atoms with Gasteiger partial charge in [-0.2, -0.15) is 0 Å². The Hall–Kier alpha value is -0.940. The second-order valence-electron chi connectivity index (χ2n) is 3.74. The van der Waals surface area contributed by atoms with Gasteiger partial charge in [-0.15, -0.1) is 0 Å². The number of rotatable bonds is 4. The lowest BCUT2D eigenvalue weighted by atomic mass is 10.1. The van der Waals surface area contributed by atoms with Gasteiger partial charge in [-0.3, -0.25) is 4.79 Å². The summed E-state index contributed by atoms with van der Waals surface area (Å²) < 4.78 is 0.927. The lowest BCUT2D eigenvalue weighted by Gasteiger charge is -2.09. The van der Waals surface area contributed by atoms with E-state index in [1.54, 1.807) is 6.20 Å². The van der Waals surface area contributed by atoms with Gasteiger partial charge in [0.15, 0.2) is 0 Å². The number of carbonyl (C=O) groups is 1. The fourth-order valence-electron chi connectivity index (χ4n) is 1.18. The molecule has 16 heavy (non-hydrogen) atoms. The molecule has 0 aliphatic rings. The van der Waals surface area contributed by atoms with Crippen LogP contribution in [0.3, 0.4) is 0 Å². The zero-order valence-corrected chi connectivity index (χ0v) is 11.0. The first-order chi connectivity index (χ1) is 7.52. The number of amides is 1. The number of aryl methyl sites for hydroxylation is 1. The topological polar surface area (TPSA) is 68.0 Å². The summed E-state index contributed by atoms with van der Waals surface area (Å²) in [5.74, 6) is 0.470. The van der Waals surface area contributed by atoms with Crippen molar-refractivity contribution in [2.75, 3.05) is 5.32 Å². The monoisotopic (exact) mass is 285 g/mol. The molecule has 0 aromatic carbocycles. The molecule has 0 saturated heterocycles. The summed E-state index contributed by atoms with van der Waals surface area (Å²) in [6.45, 7) is 3.90. The van der Waals surface area contributed by atoms with Crippen molar-refractivity contribution in [1.82, 2.24) is 4.98 Å². The Balaban J connectivity index is 2.59. The highest BCUT2D eigenvalue weighted by atomic mass is 79.9. The first kappa shape index (κ1) is 13.1. The molecular formula is C11H16BrN3O. The molecule has 1 aromatic rings. The van der Waals surface area contributed by atoms with E-state index < -0.39 is 0 Å². The summed E-state index contributed by atoms with van der Waals surface area (Å²) in [4.78, 5) is 15.6. The molecule has 1 unspecified atom stereocenters. The maximum atomic E-state index is 11.5. The van der Waals surface area contributed by atoms with Crippen molar-refractivity contribution in [3.8, 4) is 0 Å². The molecule has 0 saturated carbocycles. The summed E-state index contributed by atoms with van der Waals surface area (Å²) >= 11 is 3.35. The van der Waals surface area contributed by atoms with E-state index in [0.717, 1.165) is 16.5 Å². The molecule has 1 amide bonds. The number of hydrogen-bond acceptors (Lipinski definition) is 3. The second-order valence-corrected chi connectivity index (χ2v) is 4.59. The quantitative estimate of drug-likeness (QED) is 0.891. The predicted octanol–water partition coefficient (Wildman–Crippen LogP) is 2.22. The second kappa shape index (κ2) is 5.96. The van der Waals surface area contributed by atoms with E-state index in [0.29, 0.717) is 12.2 Å². The van der Waals surface area contributed by atoms with Gasteiger partial charge >= 0.3 is 0 Å². The Morgan fingerprint density at radius 2 is 2.38 bits per heavy atom. The summed E-state index contributed by atoms with van der Waals surface area (Å²) in [5, 5.41) is 2.72. The number of pyridine rings is 1. The number of nitrogens with one attached hydrogen (secondary N) is 1. The number of hydrogen-bond donors (Lipinski definition) is 2. The molecule has 4 nitrogen and oxygen atoms in total. The summed E-state index contributed by atoms with van der Waals surface area (Å²) in [5.41, 5.74) is 6.73. The SMILES string of the molecule is CCC(N)CC(=O)Nc1cc(C)c(Br)cn1. The average Bonchev–Trinajstić information content (AvgIpc) is 2.23. The number of halogens is 1. The normalized spacial score (nSPS) is 12.2. The minimum absolute atomic E-state index is 0.0865. The highest BCUT2D eigenvalue weighted by Gasteiger charge is 2.08. The third-order valence-corrected chi connectivity index (χ3v) is 3.12. The molecule has 5 heteroatoms. The number of nitrogens with two attached hydrogens (primary N) is 1. The molecule has 1 rings (SSSR count). The van der Waals surface area contributed by atoms with Crippen LogP contribution in [-0.2, 0) is 4.79 Å². The van der Waals surface area contributed by atoms with Crippen LogP contribution in [0.25, 0.3) is 0 Å². The smallest absolute Gasteiger partial charge is 0.227 e. The van der Waals surface area contributed by atoms with E-state index in [1.807, 2.05) is 19.9 Å². The summed E-state index contributed by atoms with van der Waals surface area (Å²) in [7, 11) is 0. The molecule has 88 valence electrons. The maximum Gasteiger partial charge on any atom is 0.227 e. The van der Waals surface area contributed by atoms with Crippen molar-refractivity contribution in [3.63, 3.8) is 0 Å². The Bertz CT molecular complexity index is 381. The zero-order chi connectivity index (χ0) is 12.1. The van der Waals surface area contributed by atoms with E-state index in [-0.39, 0.29) is 11.9 Å². The van der Waals surface area contributed by atoms with Crippen LogP contribution in [-0.4, -0.2) is 16.9 Å². The predicted molar refractivity (Wildman–Crippen MR) is 68.2 cm³/mol. The number of carbonyl (C=O) groups excluding carboxylic acids is 1. The minimum Gasteiger partial charge on any atom is -0.327 e. The molecule has 1 aromatic heterocycles. The van der Waals surface area contributed by atoms with Crippen LogP contribution < -0.4 is 11.1 Å². The first-order valence-corrected chi connectivity index (χ1v) is 5.99. The van der Waals surface area contributed by atoms with Crippen LogP contribution in [0, 0.1) is 6.92 Å². The molecule has 0 aliphatic heterocycles. The summed E-state index contributed by atoms with van der Waals surface area (Å²) in [6, 6.07) is 1.73. The third-order valence-electron chi connectivity index (χ3n) is 2.29. The van der Waals surface area contributed by atoms with Crippen molar-refractivity contribution >= 4 is 27.7 Å².